The Morgan fingerprint density at radius 1 is 1.16 bits per heavy atom. The molecule has 1 unspecified atom stereocenters. The molecule has 0 aliphatic carbocycles. The van der Waals surface area contributed by atoms with Crippen molar-refractivity contribution < 1.29 is 9.59 Å². The first-order chi connectivity index (χ1) is 11.6. The number of hydrogen-bond acceptors (Lipinski definition) is 3. The lowest BCUT2D eigenvalue weighted by molar-refractivity contribution is -0.131. The van der Waals surface area contributed by atoms with Gasteiger partial charge in [0.25, 0.3) is 5.91 Å². The summed E-state index contributed by atoms with van der Waals surface area (Å²) in [6, 6.07) is 7.87. The van der Waals surface area contributed by atoms with E-state index >= 15 is 0 Å². The lowest BCUT2D eigenvalue weighted by atomic mass is 9.95. The minimum atomic E-state index is -1.36. The largest absolute Gasteiger partial charge is 0.325 e. The number of amides is 3. The van der Waals surface area contributed by atoms with Crippen LogP contribution in [0.3, 0.4) is 0 Å². The Kier molecular flexibility index (Phi) is 4.07. The predicted molar refractivity (Wildman–Crippen MR) is 99.1 cm³/mol. The topological polar surface area (TPSA) is 67.2 Å². The molecule has 2 heterocycles. The first kappa shape index (κ1) is 17.4. The number of nitrogens with zero attached hydrogens (tertiary/aromatic N) is 3. The van der Waals surface area contributed by atoms with Crippen LogP contribution in [0.25, 0.3) is 0 Å². The summed E-state index contributed by atoms with van der Waals surface area (Å²) < 4.78 is 1.62. The van der Waals surface area contributed by atoms with Crippen LogP contribution in [-0.2, 0) is 23.9 Å². The summed E-state index contributed by atoms with van der Waals surface area (Å²) in [6.07, 6.45) is 3.37. The molecule has 0 spiro atoms. The Morgan fingerprint density at radius 3 is 2.32 bits per heavy atom. The van der Waals surface area contributed by atoms with E-state index in [1.807, 2.05) is 12.1 Å². The third-order valence-electron chi connectivity index (χ3n) is 4.72. The molecule has 132 valence electrons. The van der Waals surface area contributed by atoms with Gasteiger partial charge in [0, 0.05) is 18.8 Å². The van der Waals surface area contributed by atoms with Gasteiger partial charge < -0.3 is 5.32 Å². The van der Waals surface area contributed by atoms with Crippen molar-refractivity contribution in [2.75, 3.05) is 0 Å². The fraction of sp³-hybridized carbons (Fsp3) is 0.389. The van der Waals surface area contributed by atoms with Crippen LogP contribution >= 0.6 is 0 Å². The number of urea groups is 1. The number of aromatic nitrogens is 2. The highest BCUT2D eigenvalue weighted by molar-refractivity contribution is 6.88. The summed E-state index contributed by atoms with van der Waals surface area (Å²) in [7, 11) is 0.422. The summed E-state index contributed by atoms with van der Waals surface area (Å²) >= 11 is 0. The van der Waals surface area contributed by atoms with E-state index in [9.17, 15) is 9.59 Å². The fourth-order valence-corrected chi connectivity index (χ4v) is 4.18. The van der Waals surface area contributed by atoms with Crippen LogP contribution in [-0.4, -0.2) is 34.7 Å². The number of benzene rings is 1. The van der Waals surface area contributed by atoms with Gasteiger partial charge in [-0.05, 0) is 12.5 Å². The number of hydrogen-bond donors (Lipinski definition) is 1. The molecule has 3 amide bonds. The monoisotopic (exact) mass is 356 g/mol. The zero-order valence-corrected chi connectivity index (χ0v) is 16.3. The molecule has 1 N–H and O–H groups in total. The molecule has 1 fully saturated rings. The molecule has 1 aromatic heterocycles. The summed E-state index contributed by atoms with van der Waals surface area (Å²) in [5, 5.41) is 8.27. The third-order valence-corrected chi connectivity index (χ3v) is 6.78. The van der Waals surface area contributed by atoms with E-state index in [1.54, 1.807) is 31.0 Å². The van der Waals surface area contributed by atoms with Crippen molar-refractivity contribution in [1.82, 2.24) is 20.0 Å². The summed E-state index contributed by atoms with van der Waals surface area (Å²) in [6.45, 7) is 8.86. The molecule has 25 heavy (non-hydrogen) atoms. The van der Waals surface area contributed by atoms with Gasteiger partial charge in [-0.1, -0.05) is 49.1 Å². The first-order valence-electron chi connectivity index (χ1n) is 8.34. The zero-order valence-electron chi connectivity index (χ0n) is 15.3. The van der Waals surface area contributed by atoms with Gasteiger partial charge in [0.2, 0.25) is 0 Å². The second-order valence-corrected chi connectivity index (χ2v) is 12.9. The van der Waals surface area contributed by atoms with Gasteiger partial charge in [-0.3, -0.25) is 14.4 Å². The minimum Gasteiger partial charge on any atom is -0.319 e. The fourth-order valence-electron chi connectivity index (χ4n) is 3.01. The van der Waals surface area contributed by atoms with Crippen LogP contribution in [0.1, 0.15) is 18.1 Å². The van der Waals surface area contributed by atoms with E-state index in [0.717, 1.165) is 5.56 Å². The van der Waals surface area contributed by atoms with Crippen LogP contribution in [0.2, 0.25) is 19.6 Å². The van der Waals surface area contributed by atoms with Crippen molar-refractivity contribution in [3.8, 4) is 0 Å². The molecule has 3 rings (SSSR count). The maximum Gasteiger partial charge on any atom is 0.325 e. The van der Waals surface area contributed by atoms with E-state index in [2.05, 4.69) is 42.2 Å². The zero-order chi connectivity index (χ0) is 18.4. The number of carbonyl (C=O) groups is 2. The highest BCUT2D eigenvalue weighted by Crippen LogP contribution is 2.29. The lowest BCUT2D eigenvalue weighted by Crippen LogP contribution is -2.40. The van der Waals surface area contributed by atoms with Crippen LogP contribution in [0.15, 0.2) is 36.7 Å². The SMILES string of the molecule is Cn1cc(C2(C)NC(=O)N(Cc3ccc([Si](C)(C)C)cc3)C2=O)cn1. The predicted octanol–water partition coefficient (Wildman–Crippen LogP) is 1.93. The number of imide groups is 1. The van der Waals surface area contributed by atoms with Crippen molar-refractivity contribution in [2.45, 2.75) is 38.6 Å². The third kappa shape index (κ3) is 3.11. The maximum absolute atomic E-state index is 12.9. The smallest absolute Gasteiger partial charge is 0.319 e. The Labute approximate surface area is 148 Å². The van der Waals surface area contributed by atoms with Gasteiger partial charge in [-0.25, -0.2) is 4.79 Å². The van der Waals surface area contributed by atoms with Crippen molar-refractivity contribution in [2.24, 2.45) is 7.05 Å². The van der Waals surface area contributed by atoms with Gasteiger partial charge in [-0.15, -0.1) is 0 Å². The lowest BCUT2D eigenvalue weighted by Gasteiger charge is -2.20. The van der Waals surface area contributed by atoms with Crippen molar-refractivity contribution in [1.29, 1.82) is 0 Å². The summed E-state index contributed by atoms with van der Waals surface area (Å²) in [4.78, 5) is 26.5. The van der Waals surface area contributed by atoms with Crippen molar-refractivity contribution in [3.63, 3.8) is 0 Å². The number of nitrogens with one attached hydrogen (secondary N) is 1. The summed E-state index contributed by atoms with van der Waals surface area (Å²) in [5.74, 6) is -0.250. The van der Waals surface area contributed by atoms with Gasteiger partial charge in [0.1, 0.15) is 5.54 Å². The first-order valence-corrected chi connectivity index (χ1v) is 11.8. The van der Waals surface area contributed by atoms with Gasteiger partial charge in [0.05, 0.1) is 20.8 Å². The Bertz CT molecular complexity index is 822. The molecule has 6 nitrogen and oxygen atoms in total. The molecule has 1 aliphatic rings. The standard InChI is InChI=1S/C18H24N4O2Si/c1-18(14-10-19-21(2)12-14)16(23)22(17(24)20-18)11-13-6-8-15(9-7-13)25(3,4)5/h6-10,12H,11H2,1-5H3,(H,20,24). The van der Waals surface area contributed by atoms with Crippen LogP contribution in [0.4, 0.5) is 4.79 Å². The van der Waals surface area contributed by atoms with E-state index < -0.39 is 13.6 Å². The summed E-state index contributed by atoms with van der Waals surface area (Å²) in [5.41, 5.74) is 0.565. The minimum absolute atomic E-state index is 0.250. The highest BCUT2D eigenvalue weighted by atomic mass is 28.3. The van der Waals surface area contributed by atoms with Gasteiger partial charge in [0.15, 0.2) is 0 Å². The van der Waals surface area contributed by atoms with E-state index in [1.165, 1.54) is 10.1 Å². The second-order valence-electron chi connectivity index (χ2n) is 7.80. The van der Waals surface area contributed by atoms with E-state index in [0.29, 0.717) is 5.56 Å². The quantitative estimate of drug-likeness (QED) is 0.672. The van der Waals surface area contributed by atoms with Gasteiger partial charge >= 0.3 is 6.03 Å². The van der Waals surface area contributed by atoms with Crippen molar-refractivity contribution in [3.05, 3.63) is 47.8 Å². The number of rotatable bonds is 4. The molecular formula is C18H24N4O2Si. The maximum atomic E-state index is 12.9. The molecule has 0 radical (unpaired) electrons. The van der Waals surface area contributed by atoms with E-state index in [-0.39, 0.29) is 18.5 Å². The average molecular weight is 357 g/mol. The average Bonchev–Trinajstić information content (AvgIpc) is 3.06. The van der Waals surface area contributed by atoms with E-state index in [4.69, 9.17) is 0 Å². The molecule has 1 aromatic carbocycles. The molecule has 1 atom stereocenters. The van der Waals surface area contributed by atoms with Crippen LogP contribution in [0, 0.1) is 0 Å². The number of aryl methyl sites for hydroxylation is 1. The van der Waals surface area contributed by atoms with Crippen LogP contribution in [0.5, 0.6) is 0 Å². The van der Waals surface area contributed by atoms with Crippen molar-refractivity contribution >= 4 is 25.2 Å². The molecule has 7 heteroatoms. The number of carbonyl (C=O) groups excluding carboxylic acids is 2. The molecular weight excluding hydrogens is 332 g/mol. The second kappa shape index (κ2) is 5.84. The molecule has 0 saturated carbocycles. The van der Waals surface area contributed by atoms with Crippen LogP contribution < -0.4 is 10.5 Å². The molecule has 1 aliphatic heterocycles. The Balaban J connectivity index is 1.82. The molecule has 2 aromatic rings. The normalized spacial score (nSPS) is 20.9. The molecule has 1 saturated heterocycles. The highest BCUT2D eigenvalue weighted by Gasteiger charge is 2.49. The Hall–Kier alpha value is -2.41. The molecule has 0 bridgehead atoms. The van der Waals surface area contributed by atoms with Gasteiger partial charge in [-0.2, -0.15) is 5.10 Å². The Morgan fingerprint density at radius 2 is 1.80 bits per heavy atom.